The molecule has 1 aliphatic rings. The lowest BCUT2D eigenvalue weighted by Crippen LogP contribution is -2.41. The fourth-order valence-electron chi connectivity index (χ4n) is 5.38. The number of hydrogen-bond donors (Lipinski definition) is 2. The summed E-state index contributed by atoms with van der Waals surface area (Å²) in [5.74, 6) is 0.242. The Bertz CT molecular complexity index is 1680. The number of aromatic nitrogens is 4. The van der Waals surface area contributed by atoms with Gasteiger partial charge in [-0.3, -0.25) is 4.79 Å². The highest BCUT2D eigenvalue weighted by atomic mass is 19.1. The molecule has 42 heavy (non-hydrogen) atoms. The average Bonchev–Trinajstić information content (AvgIpc) is 3.58. The van der Waals surface area contributed by atoms with Gasteiger partial charge in [0.15, 0.2) is 5.65 Å². The normalized spacial score (nSPS) is 15.6. The highest BCUT2D eigenvalue weighted by molar-refractivity contribution is 5.99. The van der Waals surface area contributed by atoms with Crippen LogP contribution in [0.5, 0.6) is 11.5 Å². The van der Waals surface area contributed by atoms with Crippen LogP contribution in [0, 0.1) is 17.1 Å². The smallest absolute Gasteiger partial charge is 0.264 e. The number of likely N-dealkylation sites (tertiary alicyclic amines) is 1. The monoisotopic (exact) mass is 568 g/mol. The Morgan fingerprint density at radius 1 is 1.24 bits per heavy atom. The van der Waals surface area contributed by atoms with Crippen LogP contribution in [0.1, 0.15) is 33.6 Å². The fourth-order valence-corrected chi connectivity index (χ4v) is 5.38. The maximum Gasteiger partial charge on any atom is 0.264 e. The van der Waals surface area contributed by atoms with Crippen LogP contribution in [0.2, 0.25) is 0 Å². The number of carbonyl (C=O) groups is 1. The van der Waals surface area contributed by atoms with Crippen LogP contribution in [-0.2, 0) is 11.3 Å². The summed E-state index contributed by atoms with van der Waals surface area (Å²) in [5, 5.41) is 18.2. The van der Waals surface area contributed by atoms with E-state index in [0.717, 1.165) is 12.8 Å². The second-order valence-electron chi connectivity index (χ2n) is 10.8. The van der Waals surface area contributed by atoms with Crippen LogP contribution < -0.4 is 15.8 Å². The zero-order valence-corrected chi connectivity index (χ0v) is 23.8. The second kappa shape index (κ2) is 12.0. The summed E-state index contributed by atoms with van der Waals surface area (Å²) in [7, 11) is 0. The zero-order chi connectivity index (χ0) is 29.9. The molecule has 2 aromatic heterocycles. The Balaban J connectivity index is 1.45. The van der Waals surface area contributed by atoms with Gasteiger partial charge >= 0.3 is 0 Å². The molecule has 1 amide bonds. The first-order valence-electron chi connectivity index (χ1n) is 13.9. The molecule has 0 radical (unpaired) electrons. The first kappa shape index (κ1) is 28.7. The van der Waals surface area contributed by atoms with Gasteiger partial charge in [-0.05, 0) is 63.6 Å². The van der Waals surface area contributed by atoms with E-state index >= 15 is 4.39 Å². The second-order valence-corrected chi connectivity index (χ2v) is 10.8. The molecule has 2 aromatic carbocycles. The van der Waals surface area contributed by atoms with Crippen molar-refractivity contribution in [2.45, 2.75) is 51.7 Å². The number of ether oxygens (including phenoxy) is 1. The Morgan fingerprint density at radius 2 is 2.02 bits per heavy atom. The lowest BCUT2D eigenvalue weighted by molar-refractivity contribution is -0.127. The van der Waals surface area contributed by atoms with Crippen LogP contribution in [0.3, 0.4) is 0 Å². The molecule has 4 aromatic rings. The molecule has 0 aliphatic carbocycles. The van der Waals surface area contributed by atoms with E-state index in [9.17, 15) is 10.1 Å². The van der Waals surface area contributed by atoms with Crippen molar-refractivity contribution in [3.8, 4) is 28.8 Å². The van der Waals surface area contributed by atoms with Gasteiger partial charge < -0.3 is 20.7 Å². The average molecular weight is 569 g/mol. The molecule has 3 N–H and O–H groups in total. The number of para-hydroxylation sites is 1. The fraction of sp³-hybridized carbons (Fsp3) is 0.323. The molecule has 1 fully saturated rings. The van der Waals surface area contributed by atoms with Gasteiger partial charge in [0.2, 0.25) is 0 Å². The van der Waals surface area contributed by atoms with Crippen molar-refractivity contribution >= 4 is 22.8 Å². The van der Waals surface area contributed by atoms with Crippen LogP contribution in [-0.4, -0.2) is 55.2 Å². The van der Waals surface area contributed by atoms with E-state index < -0.39 is 11.4 Å². The number of halogens is 1. The predicted molar refractivity (Wildman–Crippen MR) is 158 cm³/mol. The molecule has 0 saturated carbocycles. The standard InChI is InChI=1S/C31H33FN8O2/c1-4-37-31(2,3)16-20(17-33)30(41)39-14-8-9-21(39)18-40-29-26(28(34)35-19-36-29)27(38-40)24-13-12-23(15-25(24)32)42-22-10-6-5-7-11-22/h5-7,10-13,15-16,19,21,37H,4,8-9,14,18H2,1-3H3,(H2,34,35,36)/t21-/m1/s1. The predicted octanol–water partition coefficient (Wildman–Crippen LogP) is 4.84. The number of hydrogen-bond acceptors (Lipinski definition) is 8. The Morgan fingerprint density at radius 3 is 2.74 bits per heavy atom. The first-order valence-corrected chi connectivity index (χ1v) is 13.9. The molecular formula is C31H33FN8O2. The maximum absolute atomic E-state index is 15.5. The number of fused-ring (bicyclic) bond motifs is 1. The van der Waals surface area contributed by atoms with Crippen LogP contribution in [0.15, 0.2) is 66.5 Å². The van der Waals surface area contributed by atoms with Crippen molar-refractivity contribution in [2.24, 2.45) is 0 Å². The van der Waals surface area contributed by atoms with Gasteiger partial charge in [0.25, 0.3) is 5.91 Å². The van der Waals surface area contributed by atoms with Gasteiger partial charge in [-0.2, -0.15) is 10.4 Å². The summed E-state index contributed by atoms with van der Waals surface area (Å²) < 4.78 is 22.9. The Hall–Kier alpha value is -4.82. The Kier molecular flexibility index (Phi) is 8.17. The quantitative estimate of drug-likeness (QED) is 0.216. The number of nitrogens with zero attached hydrogens (tertiary/aromatic N) is 6. The van der Waals surface area contributed by atoms with Gasteiger partial charge in [0.1, 0.15) is 46.8 Å². The van der Waals surface area contributed by atoms with E-state index in [1.54, 1.807) is 39.9 Å². The molecule has 11 heteroatoms. The van der Waals surface area contributed by atoms with Crippen molar-refractivity contribution in [3.63, 3.8) is 0 Å². The maximum atomic E-state index is 15.5. The third kappa shape index (κ3) is 5.94. The number of nitrogens with two attached hydrogens (primary N) is 1. The van der Waals surface area contributed by atoms with Crippen molar-refractivity contribution in [2.75, 3.05) is 18.8 Å². The molecule has 3 heterocycles. The SMILES string of the molecule is CCNC(C)(C)C=C(C#N)C(=O)N1CCC[C@@H]1Cn1nc(-c2ccc(Oc3ccccc3)cc2F)c2c(N)ncnc21. The molecule has 1 aliphatic heterocycles. The van der Waals surface area contributed by atoms with Crippen molar-refractivity contribution in [1.29, 1.82) is 5.26 Å². The van der Waals surface area contributed by atoms with Gasteiger partial charge in [-0.1, -0.05) is 25.1 Å². The summed E-state index contributed by atoms with van der Waals surface area (Å²) in [6.07, 6.45) is 4.52. The summed E-state index contributed by atoms with van der Waals surface area (Å²) in [5.41, 5.74) is 6.78. The van der Waals surface area contributed by atoms with Crippen molar-refractivity contribution in [3.05, 3.63) is 72.3 Å². The van der Waals surface area contributed by atoms with Crippen molar-refractivity contribution < 1.29 is 13.9 Å². The van der Waals surface area contributed by atoms with E-state index in [0.29, 0.717) is 47.9 Å². The molecule has 10 nitrogen and oxygen atoms in total. The van der Waals surface area contributed by atoms with E-state index in [2.05, 4.69) is 21.4 Å². The summed E-state index contributed by atoms with van der Waals surface area (Å²) >= 11 is 0. The summed E-state index contributed by atoms with van der Waals surface area (Å²) in [6, 6.07) is 15.5. The Labute approximate surface area is 243 Å². The zero-order valence-electron chi connectivity index (χ0n) is 23.8. The topological polar surface area (TPSA) is 135 Å². The molecular weight excluding hydrogens is 535 g/mol. The highest BCUT2D eigenvalue weighted by Crippen LogP contribution is 2.35. The van der Waals surface area contributed by atoms with Gasteiger partial charge in [-0.25, -0.2) is 19.0 Å². The third-order valence-corrected chi connectivity index (χ3v) is 7.24. The number of nitrogen functional groups attached to an aromatic ring is 1. The lowest BCUT2D eigenvalue weighted by Gasteiger charge is -2.26. The number of nitrogens with one attached hydrogen (secondary N) is 1. The van der Waals surface area contributed by atoms with Gasteiger partial charge in [0.05, 0.1) is 18.0 Å². The van der Waals surface area contributed by atoms with Crippen LogP contribution >= 0.6 is 0 Å². The number of nitriles is 1. The number of benzene rings is 2. The van der Waals surface area contributed by atoms with E-state index in [4.69, 9.17) is 15.6 Å². The van der Waals surface area contributed by atoms with E-state index in [1.165, 1.54) is 12.4 Å². The number of anilines is 1. The number of amides is 1. The van der Waals surface area contributed by atoms with E-state index in [1.807, 2.05) is 39.0 Å². The summed E-state index contributed by atoms with van der Waals surface area (Å²) in [6.45, 7) is 7.33. The van der Waals surface area contributed by atoms with E-state index in [-0.39, 0.29) is 28.9 Å². The molecule has 1 atom stereocenters. The van der Waals surface area contributed by atoms with Crippen LogP contribution in [0.25, 0.3) is 22.3 Å². The van der Waals surface area contributed by atoms with Gasteiger partial charge in [-0.15, -0.1) is 0 Å². The molecule has 0 unspecified atom stereocenters. The summed E-state index contributed by atoms with van der Waals surface area (Å²) in [4.78, 5) is 23.7. The highest BCUT2D eigenvalue weighted by Gasteiger charge is 2.33. The number of likely N-dealkylation sites (N-methyl/N-ethyl adjacent to an activating group) is 1. The molecule has 216 valence electrons. The van der Waals surface area contributed by atoms with Crippen molar-refractivity contribution in [1.82, 2.24) is 30.0 Å². The van der Waals surface area contributed by atoms with Gasteiger partial charge in [0, 0.05) is 23.7 Å². The largest absolute Gasteiger partial charge is 0.457 e. The minimum atomic E-state index is -0.539. The third-order valence-electron chi connectivity index (χ3n) is 7.24. The molecule has 5 rings (SSSR count). The number of rotatable bonds is 9. The van der Waals surface area contributed by atoms with Crippen LogP contribution in [0.4, 0.5) is 10.2 Å². The molecule has 0 spiro atoms. The molecule has 0 bridgehead atoms. The minimum absolute atomic E-state index is 0.0883. The minimum Gasteiger partial charge on any atom is -0.457 e. The number of carbonyl (C=O) groups excluding carboxylic acids is 1. The first-order chi connectivity index (χ1) is 20.2. The molecule has 1 saturated heterocycles. The lowest BCUT2D eigenvalue weighted by atomic mass is 10.0.